The quantitative estimate of drug-likeness (QED) is 0.711. The Labute approximate surface area is 117 Å². The van der Waals surface area contributed by atoms with Crippen LogP contribution in [0.15, 0.2) is 54.9 Å². The number of nitrogens with two attached hydrogens (primary N) is 1. The molecule has 1 aromatic carbocycles. The normalized spacial score (nSPS) is 10.6. The minimum absolute atomic E-state index is 0.761. The number of hydrogen-bond donors (Lipinski definition) is 2. The van der Waals surface area contributed by atoms with E-state index in [0.717, 1.165) is 35.4 Å². The summed E-state index contributed by atoms with van der Waals surface area (Å²) >= 11 is 0. The highest BCUT2D eigenvalue weighted by Gasteiger charge is 1.99. The second-order valence-corrected chi connectivity index (χ2v) is 4.69. The van der Waals surface area contributed by atoms with Crippen LogP contribution >= 0.6 is 0 Å². The van der Waals surface area contributed by atoms with Gasteiger partial charge in [0, 0.05) is 30.0 Å². The average Bonchev–Trinajstić information content (AvgIpc) is 2.48. The molecule has 20 heavy (non-hydrogen) atoms. The molecule has 3 rings (SSSR count). The summed E-state index contributed by atoms with van der Waals surface area (Å²) in [5, 5.41) is 4.39. The summed E-state index contributed by atoms with van der Waals surface area (Å²) in [5.41, 5.74) is 8.68. The van der Waals surface area contributed by atoms with Crippen molar-refractivity contribution >= 4 is 22.4 Å². The number of anilines is 2. The van der Waals surface area contributed by atoms with Gasteiger partial charge in [-0.25, -0.2) is 4.98 Å². The van der Waals surface area contributed by atoms with Crippen molar-refractivity contribution in [1.29, 1.82) is 0 Å². The first-order chi connectivity index (χ1) is 9.81. The van der Waals surface area contributed by atoms with Crippen LogP contribution in [0.2, 0.25) is 0 Å². The molecule has 4 heteroatoms. The predicted molar refractivity (Wildman–Crippen MR) is 82.6 cm³/mol. The Morgan fingerprint density at radius 2 is 2.05 bits per heavy atom. The fraction of sp³-hybridized carbons (Fsp3) is 0.125. The van der Waals surface area contributed by atoms with Crippen molar-refractivity contribution in [1.82, 2.24) is 9.97 Å². The van der Waals surface area contributed by atoms with Crippen LogP contribution in [-0.2, 0) is 6.42 Å². The van der Waals surface area contributed by atoms with Crippen molar-refractivity contribution < 1.29 is 0 Å². The summed E-state index contributed by atoms with van der Waals surface area (Å²) in [6.45, 7) is 0.833. The lowest BCUT2D eigenvalue weighted by molar-refractivity contribution is 0.996. The van der Waals surface area contributed by atoms with E-state index in [1.165, 1.54) is 5.56 Å². The van der Waals surface area contributed by atoms with Crippen LogP contribution in [0.25, 0.3) is 10.9 Å². The molecule has 4 nitrogen and oxygen atoms in total. The molecule has 0 bridgehead atoms. The van der Waals surface area contributed by atoms with Crippen molar-refractivity contribution in [2.24, 2.45) is 0 Å². The van der Waals surface area contributed by atoms with E-state index in [1.807, 2.05) is 42.6 Å². The van der Waals surface area contributed by atoms with Gasteiger partial charge in [-0.3, -0.25) is 4.98 Å². The SMILES string of the molecule is Nc1ccc2nc(NCCc3cccnc3)ccc2c1. The molecule has 2 heterocycles. The minimum atomic E-state index is 0.761. The van der Waals surface area contributed by atoms with E-state index < -0.39 is 0 Å². The first kappa shape index (κ1) is 12.4. The van der Waals surface area contributed by atoms with Crippen LogP contribution < -0.4 is 11.1 Å². The molecule has 0 atom stereocenters. The third-order valence-corrected chi connectivity index (χ3v) is 3.16. The average molecular weight is 264 g/mol. The van der Waals surface area contributed by atoms with E-state index in [1.54, 1.807) is 6.20 Å². The lowest BCUT2D eigenvalue weighted by atomic mass is 10.2. The number of benzene rings is 1. The molecule has 0 spiro atoms. The Kier molecular flexibility index (Phi) is 3.46. The fourth-order valence-electron chi connectivity index (χ4n) is 2.12. The van der Waals surface area contributed by atoms with E-state index >= 15 is 0 Å². The summed E-state index contributed by atoms with van der Waals surface area (Å²) in [6, 6.07) is 13.8. The van der Waals surface area contributed by atoms with Crippen molar-refractivity contribution in [3.8, 4) is 0 Å². The summed E-state index contributed by atoms with van der Waals surface area (Å²) in [6.07, 6.45) is 4.60. The third kappa shape index (κ3) is 2.85. The second-order valence-electron chi connectivity index (χ2n) is 4.69. The summed E-state index contributed by atoms with van der Waals surface area (Å²) < 4.78 is 0. The highest BCUT2D eigenvalue weighted by atomic mass is 15.0. The standard InChI is InChI=1S/C16H16N4/c17-14-4-5-15-13(10-14)3-6-16(20-15)19-9-7-12-2-1-8-18-11-12/h1-6,8,10-11H,7,9,17H2,(H,19,20). The van der Waals surface area contributed by atoms with E-state index in [4.69, 9.17) is 5.73 Å². The number of pyridine rings is 2. The number of nitrogens with one attached hydrogen (secondary N) is 1. The van der Waals surface area contributed by atoms with Crippen LogP contribution in [0, 0.1) is 0 Å². The van der Waals surface area contributed by atoms with Crippen molar-refractivity contribution in [3.63, 3.8) is 0 Å². The molecule has 0 aliphatic rings. The molecule has 0 fully saturated rings. The Bertz CT molecular complexity index is 710. The molecule has 0 saturated carbocycles. The smallest absolute Gasteiger partial charge is 0.126 e. The zero-order valence-electron chi connectivity index (χ0n) is 11.1. The number of fused-ring (bicyclic) bond motifs is 1. The zero-order valence-corrected chi connectivity index (χ0v) is 11.1. The van der Waals surface area contributed by atoms with Gasteiger partial charge >= 0.3 is 0 Å². The van der Waals surface area contributed by atoms with Gasteiger partial charge in [-0.1, -0.05) is 6.07 Å². The Hall–Kier alpha value is -2.62. The van der Waals surface area contributed by atoms with E-state index in [9.17, 15) is 0 Å². The van der Waals surface area contributed by atoms with Gasteiger partial charge in [0.05, 0.1) is 5.52 Å². The zero-order chi connectivity index (χ0) is 13.8. The Morgan fingerprint density at radius 1 is 1.10 bits per heavy atom. The predicted octanol–water partition coefficient (Wildman–Crippen LogP) is 2.87. The first-order valence-corrected chi connectivity index (χ1v) is 6.60. The van der Waals surface area contributed by atoms with Gasteiger partial charge in [0.1, 0.15) is 5.82 Å². The largest absolute Gasteiger partial charge is 0.399 e. The molecule has 0 amide bonds. The monoisotopic (exact) mass is 264 g/mol. The van der Waals surface area contributed by atoms with Gasteiger partial charge in [0.25, 0.3) is 0 Å². The number of nitrogens with zero attached hydrogens (tertiary/aromatic N) is 2. The van der Waals surface area contributed by atoms with Gasteiger partial charge in [0.2, 0.25) is 0 Å². The van der Waals surface area contributed by atoms with Gasteiger partial charge in [-0.2, -0.15) is 0 Å². The third-order valence-electron chi connectivity index (χ3n) is 3.16. The number of aromatic nitrogens is 2. The Balaban J connectivity index is 1.67. The maximum atomic E-state index is 5.76. The highest BCUT2D eigenvalue weighted by Crippen LogP contribution is 2.17. The highest BCUT2D eigenvalue weighted by molar-refractivity contribution is 5.83. The van der Waals surface area contributed by atoms with E-state index in [2.05, 4.69) is 21.4 Å². The molecule has 0 aliphatic heterocycles. The van der Waals surface area contributed by atoms with Gasteiger partial charge in [-0.15, -0.1) is 0 Å². The molecular formula is C16H16N4. The number of nitrogen functional groups attached to an aromatic ring is 1. The molecule has 0 unspecified atom stereocenters. The van der Waals surface area contributed by atoms with Gasteiger partial charge in [0.15, 0.2) is 0 Å². The molecule has 0 saturated heterocycles. The van der Waals surface area contributed by atoms with E-state index in [0.29, 0.717) is 0 Å². The molecule has 0 radical (unpaired) electrons. The molecule has 0 aliphatic carbocycles. The number of hydrogen-bond acceptors (Lipinski definition) is 4. The van der Waals surface area contributed by atoms with Crippen LogP contribution in [0.4, 0.5) is 11.5 Å². The summed E-state index contributed by atoms with van der Waals surface area (Å²) in [4.78, 5) is 8.67. The molecule has 100 valence electrons. The maximum Gasteiger partial charge on any atom is 0.126 e. The van der Waals surface area contributed by atoms with Crippen molar-refractivity contribution in [2.45, 2.75) is 6.42 Å². The minimum Gasteiger partial charge on any atom is -0.399 e. The first-order valence-electron chi connectivity index (χ1n) is 6.60. The van der Waals surface area contributed by atoms with Gasteiger partial charge < -0.3 is 11.1 Å². The van der Waals surface area contributed by atoms with Crippen molar-refractivity contribution in [3.05, 3.63) is 60.4 Å². The lowest BCUT2D eigenvalue weighted by Gasteiger charge is -2.07. The summed E-state index contributed by atoms with van der Waals surface area (Å²) in [5.74, 6) is 0.881. The number of rotatable bonds is 4. The molecular weight excluding hydrogens is 248 g/mol. The maximum absolute atomic E-state index is 5.76. The van der Waals surface area contributed by atoms with Crippen LogP contribution in [0.1, 0.15) is 5.56 Å². The van der Waals surface area contributed by atoms with E-state index in [-0.39, 0.29) is 0 Å². The molecule has 3 N–H and O–H groups in total. The Morgan fingerprint density at radius 3 is 2.90 bits per heavy atom. The van der Waals surface area contributed by atoms with Gasteiger partial charge in [-0.05, 0) is 48.4 Å². The van der Waals surface area contributed by atoms with Crippen molar-refractivity contribution in [2.75, 3.05) is 17.6 Å². The van der Waals surface area contributed by atoms with Crippen LogP contribution in [0.5, 0.6) is 0 Å². The topological polar surface area (TPSA) is 63.8 Å². The van der Waals surface area contributed by atoms with Crippen LogP contribution in [-0.4, -0.2) is 16.5 Å². The molecule has 3 aromatic rings. The second kappa shape index (κ2) is 5.57. The molecule has 2 aromatic heterocycles. The van der Waals surface area contributed by atoms with Crippen LogP contribution in [0.3, 0.4) is 0 Å². The fourth-order valence-corrected chi connectivity index (χ4v) is 2.12. The summed E-state index contributed by atoms with van der Waals surface area (Å²) in [7, 11) is 0. The lowest BCUT2D eigenvalue weighted by Crippen LogP contribution is -2.06.